The van der Waals surface area contributed by atoms with Crippen molar-refractivity contribution in [1.29, 1.82) is 0 Å². The molecule has 1 saturated heterocycles. The van der Waals surface area contributed by atoms with Crippen molar-refractivity contribution in [2.24, 2.45) is 5.92 Å². The molecule has 1 aliphatic carbocycles. The van der Waals surface area contributed by atoms with Gasteiger partial charge in [0.15, 0.2) is 5.82 Å². The number of halogens is 3. The molecule has 1 saturated carbocycles. The zero-order chi connectivity index (χ0) is 29.1. The Morgan fingerprint density at radius 1 is 0.976 bits per heavy atom. The molecule has 2 fully saturated rings. The predicted molar refractivity (Wildman–Crippen MR) is 162 cm³/mol. The quantitative estimate of drug-likeness (QED) is 0.242. The molecule has 0 atom stereocenters. The highest BCUT2D eigenvalue weighted by Gasteiger charge is 2.26. The van der Waals surface area contributed by atoms with E-state index >= 15 is 0 Å². The maximum Gasteiger partial charge on any atom is 0.296 e. The van der Waals surface area contributed by atoms with Gasteiger partial charge in [0, 0.05) is 43.3 Å². The summed E-state index contributed by atoms with van der Waals surface area (Å²) in [6.07, 6.45) is 1.63. The summed E-state index contributed by atoms with van der Waals surface area (Å²) in [6.45, 7) is 4.09. The molecule has 3 heterocycles. The Kier molecular flexibility index (Phi) is 8.83. The first kappa shape index (κ1) is 28.8. The molecule has 2 aromatic heterocycles. The van der Waals surface area contributed by atoms with Gasteiger partial charge < -0.3 is 15.0 Å². The third-order valence-electron chi connectivity index (χ3n) is 8.41. The van der Waals surface area contributed by atoms with E-state index < -0.39 is 6.43 Å². The van der Waals surface area contributed by atoms with Crippen LogP contribution in [-0.4, -0.2) is 70.4 Å². The summed E-state index contributed by atoms with van der Waals surface area (Å²) < 4.78 is 35.3. The molecule has 0 radical (unpaired) electrons. The highest BCUT2D eigenvalue weighted by atomic mass is 35.5. The van der Waals surface area contributed by atoms with Crippen molar-refractivity contribution in [3.8, 4) is 5.82 Å². The van der Waals surface area contributed by atoms with Crippen molar-refractivity contribution in [3.63, 3.8) is 0 Å². The minimum Gasteiger partial charge on any atom is -0.378 e. The number of rotatable bonds is 9. The van der Waals surface area contributed by atoms with E-state index in [2.05, 4.69) is 33.2 Å². The van der Waals surface area contributed by atoms with Crippen molar-refractivity contribution >= 4 is 34.4 Å². The molecule has 222 valence electrons. The zero-order valence-corrected chi connectivity index (χ0v) is 24.5. The first-order chi connectivity index (χ1) is 20.5. The number of anilines is 2. The van der Waals surface area contributed by atoms with E-state index in [1.807, 2.05) is 24.3 Å². The third kappa shape index (κ3) is 6.35. The number of imidazole rings is 1. The number of alkyl halides is 2. The van der Waals surface area contributed by atoms with Crippen molar-refractivity contribution in [1.82, 2.24) is 24.4 Å². The number of hydrogen-bond acceptors (Lipinski definition) is 7. The van der Waals surface area contributed by atoms with Crippen LogP contribution in [0.2, 0.25) is 5.02 Å². The second kappa shape index (κ2) is 12.9. The maximum atomic E-state index is 14.1. The van der Waals surface area contributed by atoms with Crippen molar-refractivity contribution in [3.05, 3.63) is 71.0 Å². The number of benzene rings is 2. The normalized spacial score (nSPS) is 19.6. The van der Waals surface area contributed by atoms with Gasteiger partial charge in [-0.1, -0.05) is 41.9 Å². The number of ether oxygens (including phenoxy) is 1. The molecule has 0 amide bonds. The highest BCUT2D eigenvalue weighted by Crippen LogP contribution is 2.31. The van der Waals surface area contributed by atoms with Crippen LogP contribution in [0.1, 0.15) is 43.5 Å². The lowest BCUT2D eigenvalue weighted by atomic mass is 9.85. The van der Waals surface area contributed by atoms with Crippen molar-refractivity contribution < 1.29 is 13.5 Å². The van der Waals surface area contributed by atoms with Crippen LogP contribution in [0.5, 0.6) is 0 Å². The molecular weight excluding hydrogens is 560 g/mol. The van der Waals surface area contributed by atoms with E-state index in [9.17, 15) is 8.78 Å². The standard InChI is InChI=1S/C31H36ClF2N7O/c1-39(20-22-6-2-3-7-24(22)32)23-12-10-21(11-13-23)19-35-31-37-27(40-14-16-42-17-15-40)18-28(38-31)41-26-9-5-4-8-25(26)36-30(41)29(33)34/h2-9,18,21,23,29H,10-17,19-20H2,1H3,(H,35,37,38). The molecule has 1 N–H and O–H groups in total. The number of fused-ring (bicyclic) bond motifs is 1. The van der Waals surface area contributed by atoms with Crippen LogP contribution in [0.25, 0.3) is 16.9 Å². The lowest BCUT2D eigenvalue weighted by Crippen LogP contribution is -2.37. The minimum atomic E-state index is -2.75. The first-order valence-corrected chi connectivity index (χ1v) is 15.0. The van der Waals surface area contributed by atoms with Crippen LogP contribution < -0.4 is 10.2 Å². The molecule has 0 spiro atoms. The van der Waals surface area contributed by atoms with Gasteiger partial charge in [0.25, 0.3) is 6.43 Å². The fourth-order valence-corrected chi connectivity index (χ4v) is 6.25. The Bertz CT molecular complexity index is 1500. The smallest absolute Gasteiger partial charge is 0.296 e. The van der Waals surface area contributed by atoms with Gasteiger partial charge in [-0.3, -0.25) is 9.47 Å². The average molecular weight is 596 g/mol. The van der Waals surface area contributed by atoms with E-state index in [1.54, 1.807) is 24.3 Å². The summed E-state index contributed by atoms with van der Waals surface area (Å²) in [5, 5.41) is 4.26. The first-order valence-electron chi connectivity index (χ1n) is 14.6. The topological polar surface area (TPSA) is 71.3 Å². The van der Waals surface area contributed by atoms with Gasteiger partial charge >= 0.3 is 0 Å². The lowest BCUT2D eigenvalue weighted by molar-refractivity contribution is 0.122. The van der Waals surface area contributed by atoms with E-state index in [0.717, 1.165) is 49.4 Å². The number of nitrogens with one attached hydrogen (secondary N) is 1. The van der Waals surface area contributed by atoms with E-state index in [0.29, 0.717) is 66.9 Å². The number of para-hydroxylation sites is 2. The van der Waals surface area contributed by atoms with Gasteiger partial charge in [-0.05, 0) is 62.4 Å². The van der Waals surface area contributed by atoms with Crippen LogP contribution in [0.15, 0.2) is 54.6 Å². The molecule has 1 aliphatic heterocycles. The summed E-state index contributed by atoms with van der Waals surface area (Å²) >= 11 is 6.39. The van der Waals surface area contributed by atoms with Gasteiger partial charge in [-0.15, -0.1) is 0 Å². The summed E-state index contributed by atoms with van der Waals surface area (Å²) in [4.78, 5) is 18.3. The van der Waals surface area contributed by atoms with Gasteiger partial charge in [-0.25, -0.2) is 13.8 Å². The Labute approximate surface area is 249 Å². The van der Waals surface area contributed by atoms with Crippen molar-refractivity contribution in [2.75, 3.05) is 50.1 Å². The fourth-order valence-electron chi connectivity index (χ4n) is 6.05. The summed E-state index contributed by atoms with van der Waals surface area (Å²) in [5.41, 5.74) is 2.24. The second-order valence-electron chi connectivity index (χ2n) is 11.2. The van der Waals surface area contributed by atoms with Crippen LogP contribution in [0, 0.1) is 5.92 Å². The number of hydrogen-bond donors (Lipinski definition) is 1. The predicted octanol–water partition coefficient (Wildman–Crippen LogP) is 6.35. The Hall–Kier alpha value is -3.34. The highest BCUT2D eigenvalue weighted by molar-refractivity contribution is 6.31. The summed E-state index contributed by atoms with van der Waals surface area (Å²) in [7, 11) is 2.17. The second-order valence-corrected chi connectivity index (χ2v) is 11.6. The molecule has 11 heteroatoms. The average Bonchev–Trinajstić information content (AvgIpc) is 3.42. The van der Waals surface area contributed by atoms with Crippen LogP contribution in [0.4, 0.5) is 20.5 Å². The van der Waals surface area contributed by atoms with Crippen LogP contribution >= 0.6 is 11.6 Å². The monoisotopic (exact) mass is 595 g/mol. The van der Waals surface area contributed by atoms with Crippen LogP contribution in [-0.2, 0) is 11.3 Å². The van der Waals surface area contributed by atoms with E-state index in [4.69, 9.17) is 26.3 Å². The molecule has 2 aliphatic rings. The molecule has 0 bridgehead atoms. The summed E-state index contributed by atoms with van der Waals surface area (Å²) in [5.74, 6) is 1.65. The molecule has 2 aromatic carbocycles. The van der Waals surface area contributed by atoms with E-state index in [1.165, 1.54) is 4.57 Å². The molecule has 4 aromatic rings. The Morgan fingerprint density at radius 3 is 2.45 bits per heavy atom. The Morgan fingerprint density at radius 2 is 1.69 bits per heavy atom. The van der Waals surface area contributed by atoms with Crippen molar-refractivity contribution in [2.45, 2.75) is 44.7 Å². The molecule has 0 unspecified atom stereocenters. The van der Waals surface area contributed by atoms with Gasteiger partial charge in [0.05, 0.1) is 24.2 Å². The number of nitrogens with zero attached hydrogens (tertiary/aromatic N) is 6. The summed E-state index contributed by atoms with van der Waals surface area (Å²) in [6, 6.07) is 17.4. The van der Waals surface area contributed by atoms with Gasteiger partial charge in [-0.2, -0.15) is 9.97 Å². The number of aromatic nitrogens is 4. The fraction of sp³-hybridized carbons (Fsp3) is 0.452. The molecule has 42 heavy (non-hydrogen) atoms. The van der Waals surface area contributed by atoms with Crippen LogP contribution in [0.3, 0.4) is 0 Å². The Balaban J connectivity index is 1.18. The van der Waals surface area contributed by atoms with Gasteiger partial charge in [0.1, 0.15) is 11.6 Å². The lowest BCUT2D eigenvalue weighted by Gasteiger charge is -2.35. The van der Waals surface area contributed by atoms with Gasteiger partial charge in [0.2, 0.25) is 5.95 Å². The minimum absolute atomic E-state index is 0.326. The third-order valence-corrected chi connectivity index (χ3v) is 8.78. The molecule has 8 nitrogen and oxygen atoms in total. The largest absolute Gasteiger partial charge is 0.378 e. The SMILES string of the molecule is CN(Cc1ccccc1Cl)C1CCC(CNc2nc(N3CCOCC3)cc(-n3c(C(F)F)nc4ccccc43)n2)CC1. The molecule has 6 rings (SSSR count). The number of morpholine rings is 1. The molecular formula is C31H36ClF2N7O. The zero-order valence-electron chi connectivity index (χ0n) is 23.7. The van der Waals surface area contributed by atoms with E-state index in [-0.39, 0.29) is 5.82 Å². The maximum absolute atomic E-state index is 14.1.